The van der Waals surface area contributed by atoms with Gasteiger partial charge in [-0.05, 0) is 61.0 Å². The van der Waals surface area contributed by atoms with Crippen molar-refractivity contribution in [3.05, 3.63) is 89.7 Å². The summed E-state index contributed by atoms with van der Waals surface area (Å²) < 4.78 is 13.4. The predicted molar refractivity (Wildman–Crippen MR) is 121 cm³/mol. The number of aryl methyl sites for hydroxylation is 1. The molecule has 0 bridgehead atoms. The van der Waals surface area contributed by atoms with Crippen LogP contribution < -0.4 is 15.5 Å². The second kappa shape index (κ2) is 9.01. The first kappa shape index (κ1) is 21.2. The van der Waals surface area contributed by atoms with E-state index in [2.05, 4.69) is 10.6 Å². The number of nitrogens with one attached hydrogen (secondary N) is 2. The summed E-state index contributed by atoms with van der Waals surface area (Å²) in [6.45, 7) is 2.12. The third kappa shape index (κ3) is 4.83. The van der Waals surface area contributed by atoms with Gasteiger partial charge in [-0.2, -0.15) is 0 Å². The first-order valence-corrected chi connectivity index (χ1v) is 10.2. The Balaban J connectivity index is 1.45. The molecule has 0 aromatic heterocycles. The van der Waals surface area contributed by atoms with Gasteiger partial charge in [0.25, 0.3) is 5.91 Å². The molecule has 7 heteroatoms. The van der Waals surface area contributed by atoms with Gasteiger partial charge in [-0.1, -0.05) is 24.3 Å². The summed E-state index contributed by atoms with van der Waals surface area (Å²) in [6, 6.07) is 19.8. The molecule has 0 aliphatic carbocycles. The highest BCUT2D eigenvalue weighted by Gasteiger charge is 2.35. The van der Waals surface area contributed by atoms with Crippen molar-refractivity contribution in [2.75, 3.05) is 22.1 Å². The van der Waals surface area contributed by atoms with E-state index in [0.29, 0.717) is 22.6 Å². The highest BCUT2D eigenvalue weighted by molar-refractivity contribution is 6.07. The van der Waals surface area contributed by atoms with Gasteiger partial charge >= 0.3 is 0 Å². The number of anilines is 3. The molecule has 1 atom stereocenters. The number of hydrogen-bond acceptors (Lipinski definition) is 3. The van der Waals surface area contributed by atoms with E-state index in [-0.39, 0.29) is 30.7 Å². The molecular weight excluding hydrogens is 409 g/mol. The second-order valence-corrected chi connectivity index (χ2v) is 7.78. The van der Waals surface area contributed by atoms with Crippen LogP contribution in [0.25, 0.3) is 0 Å². The Morgan fingerprint density at radius 2 is 1.66 bits per heavy atom. The molecule has 1 aliphatic heterocycles. The summed E-state index contributed by atoms with van der Waals surface area (Å²) in [4.78, 5) is 39.3. The van der Waals surface area contributed by atoms with Gasteiger partial charge in [0, 0.05) is 35.6 Å². The lowest BCUT2D eigenvalue weighted by Gasteiger charge is -2.18. The van der Waals surface area contributed by atoms with E-state index >= 15 is 0 Å². The lowest BCUT2D eigenvalue weighted by molar-refractivity contribution is -0.122. The van der Waals surface area contributed by atoms with E-state index in [4.69, 9.17) is 0 Å². The molecule has 4 rings (SSSR count). The minimum absolute atomic E-state index is 0.0425. The van der Waals surface area contributed by atoms with Crippen molar-refractivity contribution < 1.29 is 18.8 Å². The van der Waals surface area contributed by atoms with E-state index in [1.165, 1.54) is 23.1 Å². The molecule has 2 N–H and O–H groups in total. The fourth-order valence-corrected chi connectivity index (χ4v) is 3.68. The van der Waals surface area contributed by atoms with Crippen LogP contribution in [0.4, 0.5) is 21.5 Å². The standard InChI is InChI=1S/C25H22FN3O3/c1-16-5-2-8-20(11-16)27-24(31)17-6-3-10-22(12-17)29-15-18(13-23(29)30)25(32)28-21-9-4-7-19(26)14-21/h2-12,14,18H,13,15H2,1H3,(H,27,31)(H,28,32)/t18-/m1/s1. The first-order chi connectivity index (χ1) is 15.4. The Morgan fingerprint density at radius 1 is 0.938 bits per heavy atom. The summed E-state index contributed by atoms with van der Waals surface area (Å²) in [5.41, 5.74) is 3.02. The van der Waals surface area contributed by atoms with E-state index in [0.717, 1.165) is 5.56 Å². The van der Waals surface area contributed by atoms with E-state index in [1.54, 1.807) is 36.4 Å². The van der Waals surface area contributed by atoms with Crippen LogP contribution in [0.3, 0.4) is 0 Å². The van der Waals surface area contributed by atoms with E-state index < -0.39 is 11.7 Å². The maximum atomic E-state index is 13.4. The van der Waals surface area contributed by atoms with Crippen molar-refractivity contribution in [3.8, 4) is 0 Å². The van der Waals surface area contributed by atoms with Crippen LogP contribution in [0.2, 0.25) is 0 Å². The van der Waals surface area contributed by atoms with Crippen LogP contribution in [0.5, 0.6) is 0 Å². The zero-order valence-electron chi connectivity index (χ0n) is 17.5. The minimum atomic E-state index is -0.574. The van der Waals surface area contributed by atoms with Crippen LogP contribution >= 0.6 is 0 Å². The molecule has 0 radical (unpaired) electrons. The zero-order valence-corrected chi connectivity index (χ0v) is 17.5. The van der Waals surface area contributed by atoms with Gasteiger partial charge in [0.2, 0.25) is 11.8 Å². The predicted octanol–water partition coefficient (Wildman–Crippen LogP) is 4.38. The molecule has 1 heterocycles. The fraction of sp³-hybridized carbons (Fsp3) is 0.160. The van der Waals surface area contributed by atoms with Crippen LogP contribution in [-0.2, 0) is 9.59 Å². The normalized spacial score (nSPS) is 15.5. The van der Waals surface area contributed by atoms with Crippen molar-refractivity contribution in [3.63, 3.8) is 0 Å². The smallest absolute Gasteiger partial charge is 0.255 e. The number of carbonyl (C=O) groups excluding carboxylic acids is 3. The number of amides is 3. The van der Waals surface area contributed by atoms with E-state index in [9.17, 15) is 18.8 Å². The lowest BCUT2D eigenvalue weighted by Crippen LogP contribution is -2.28. The van der Waals surface area contributed by atoms with Crippen molar-refractivity contribution in [2.24, 2.45) is 5.92 Å². The molecule has 3 amide bonds. The van der Waals surface area contributed by atoms with E-state index in [1.807, 2.05) is 25.1 Å². The lowest BCUT2D eigenvalue weighted by atomic mass is 10.1. The van der Waals surface area contributed by atoms with Gasteiger partial charge in [-0.25, -0.2) is 4.39 Å². The molecule has 0 unspecified atom stereocenters. The molecule has 162 valence electrons. The summed E-state index contributed by atoms with van der Waals surface area (Å²) in [5, 5.41) is 5.51. The average molecular weight is 431 g/mol. The van der Waals surface area contributed by atoms with Crippen LogP contribution in [0, 0.1) is 18.7 Å². The van der Waals surface area contributed by atoms with Crippen molar-refractivity contribution >= 4 is 34.8 Å². The maximum absolute atomic E-state index is 13.4. The van der Waals surface area contributed by atoms with Crippen LogP contribution in [-0.4, -0.2) is 24.3 Å². The molecule has 6 nitrogen and oxygen atoms in total. The van der Waals surface area contributed by atoms with Gasteiger partial charge in [0.15, 0.2) is 0 Å². The van der Waals surface area contributed by atoms with Gasteiger partial charge in [0.1, 0.15) is 5.82 Å². The molecule has 1 fully saturated rings. The van der Waals surface area contributed by atoms with Crippen molar-refractivity contribution in [1.82, 2.24) is 0 Å². The molecule has 0 spiro atoms. The molecular formula is C25H22FN3O3. The SMILES string of the molecule is Cc1cccc(NC(=O)c2cccc(N3C[C@H](C(=O)Nc4cccc(F)c4)CC3=O)c2)c1. The topological polar surface area (TPSA) is 78.5 Å². The van der Waals surface area contributed by atoms with Crippen molar-refractivity contribution in [1.29, 1.82) is 0 Å². The summed E-state index contributed by atoms with van der Waals surface area (Å²) in [7, 11) is 0. The third-order valence-electron chi connectivity index (χ3n) is 5.28. The molecule has 3 aromatic carbocycles. The number of rotatable bonds is 5. The number of hydrogen-bond donors (Lipinski definition) is 2. The molecule has 0 saturated carbocycles. The fourth-order valence-electron chi connectivity index (χ4n) is 3.68. The molecule has 3 aromatic rings. The second-order valence-electron chi connectivity index (χ2n) is 7.78. The highest BCUT2D eigenvalue weighted by atomic mass is 19.1. The van der Waals surface area contributed by atoms with Gasteiger partial charge in [-0.15, -0.1) is 0 Å². The first-order valence-electron chi connectivity index (χ1n) is 10.2. The largest absolute Gasteiger partial charge is 0.326 e. The van der Waals surface area contributed by atoms with Gasteiger partial charge in [-0.3, -0.25) is 14.4 Å². The van der Waals surface area contributed by atoms with Crippen LogP contribution in [0.1, 0.15) is 22.3 Å². The number of benzene rings is 3. The molecule has 1 aliphatic rings. The monoisotopic (exact) mass is 431 g/mol. The quantitative estimate of drug-likeness (QED) is 0.629. The average Bonchev–Trinajstić information content (AvgIpc) is 3.16. The third-order valence-corrected chi connectivity index (χ3v) is 5.28. The number of nitrogens with zero attached hydrogens (tertiary/aromatic N) is 1. The minimum Gasteiger partial charge on any atom is -0.326 e. The van der Waals surface area contributed by atoms with Gasteiger partial charge in [0.05, 0.1) is 5.92 Å². The molecule has 1 saturated heterocycles. The Morgan fingerprint density at radius 3 is 2.41 bits per heavy atom. The summed E-state index contributed by atoms with van der Waals surface area (Å²) >= 11 is 0. The highest BCUT2D eigenvalue weighted by Crippen LogP contribution is 2.27. The summed E-state index contributed by atoms with van der Waals surface area (Å²) in [6.07, 6.45) is 0.0425. The zero-order chi connectivity index (χ0) is 22.7. The number of halogens is 1. The van der Waals surface area contributed by atoms with Crippen LogP contribution in [0.15, 0.2) is 72.8 Å². The molecule has 32 heavy (non-hydrogen) atoms. The number of carbonyl (C=O) groups is 3. The Hall–Kier alpha value is -4.00. The Bertz CT molecular complexity index is 1190. The maximum Gasteiger partial charge on any atom is 0.255 e. The van der Waals surface area contributed by atoms with Gasteiger partial charge < -0.3 is 15.5 Å². The van der Waals surface area contributed by atoms with Crippen molar-refractivity contribution in [2.45, 2.75) is 13.3 Å². The Kier molecular flexibility index (Phi) is 5.98. The summed E-state index contributed by atoms with van der Waals surface area (Å²) in [5.74, 6) is -1.87. The Labute approximate surface area is 185 Å².